The van der Waals surface area contributed by atoms with Crippen LogP contribution in [0.4, 0.5) is 0 Å². The van der Waals surface area contributed by atoms with Crippen LogP contribution in [0.2, 0.25) is 0 Å². The van der Waals surface area contributed by atoms with Crippen LogP contribution in [0.1, 0.15) is 5.01 Å². The van der Waals surface area contributed by atoms with Gasteiger partial charge in [-0.05, 0) is 33.3 Å². The number of hydrogen-bond acceptors (Lipinski definition) is 5. The van der Waals surface area contributed by atoms with Crippen LogP contribution in [0, 0.1) is 0 Å². The van der Waals surface area contributed by atoms with Gasteiger partial charge in [-0.3, -0.25) is 4.90 Å². The highest BCUT2D eigenvalue weighted by Gasteiger charge is 2.29. The predicted octanol–water partition coefficient (Wildman–Crippen LogP) is 1.67. The first kappa shape index (κ1) is 14.9. The summed E-state index contributed by atoms with van der Waals surface area (Å²) in [4.78, 5) is 9.69. The second-order valence-corrected chi connectivity index (χ2v) is 7.10. The van der Waals surface area contributed by atoms with Gasteiger partial charge in [-0.25, -0.2) is 4.98 Å². The monoisotopic (exact) mass is 304 g/mol. The lowest BCUT2D eigenvalue weighted by Gasteiger charge is -2.41. The van der Waals surface area contributed by atoms with Crippen molar-refractivity contribution in [2.45, 2.75) is 18.5 Å². The van der Waals surface area contributed by atoms with Crippen LogP contribution in [0.15, 0.2) is 24.3 Å². The van der Waals surface area contributed by atoms with Crippen molar-refractivity contribution >= 4 is 21.6 Å². The van der Waals surface area contributed by atoms with Crippen molar-refractivity contribution in [3.05, 3.63) is 29.3 Å². The summed E-state index contributed by atoms with van der Waals surface area (Å²) in [6.07, 6.45) is 0.999. The van der Waals surface area contributed by atoms with Gasteiger partial charge in [0.25, 0.3) is 0 Å². The summed E-state index contributed by atoms with van der Waals surface area (Å²) in [7, 11) is 6.52. The van der Waals surface area contributed by atoms with Gasteiger partial charge >= 0.3 is 0 Å². The van der Waals surface area contributed by atoms with Crippen LogP contribution in [0.5, 0.6) is 0 Å². The molecule has 2 aromatic rings. The van der Waals surface area contributed by atoms with Crippen molar-refractivity contribution in [3.8, 4) is 0 Å². The number of nitrogens with one attached hydrogen (secondary N) is 1. The Morgan fingerprint density at radius 1 is 1.33 bits per heavy atom. The van der Waals surface area contributed by atoms with Gasteiger partial charge in [0.15, 0.2) is 0 Å². The molecular weight excluding hydrogens is 280 g/mol. The molecule has 0 saturated carbocycles. The number of benzene rings is 1. The molecule has 1 aromatic carbocycles. The lowest BCUT2D eigenvalue weighted by atomic mass is 10.0. The molecule has 2 heterocycles. The van der Waals surface area contributed by atoms with Gasteiger partial charge in [-0.2, -0.15) is 0 Å². The van der Waals surface area contributed by atoms with Crippen molar-refractivity contribution in [2.75, 3.05) is 40.8 Å². The Labute approximate surface area is 130 Å². The third-order valence-electron chi connectivity index (χ3n) is 4.47. The molecule has 5 heteroatoms. The molecule has 1 aliphatic rings. The zero-order chi connectivity index (χ0) is 14.8. The first-order valence-corrected chi connectivity index (χ1v) is 8.39. The van der Waals surface area contributed by atoms with Gasteiger partial charge in [0.2, 0.25) is 0 Å². The molecule has 0 spiro atoms. The lowest BCUT2D eigenvalue weighted by Crippen LogP contribution is -2.58. The summed E-state index contributed by atoms with van der Waals surface area (Å²) in [5.74, 6) is 0. The smallest absolute Gasteiger partial charge is 0.0954 e. The second kappa shape index (κ2) is 6.40. The number of thiazole rings is 1. The minimum absolute atomic E-state index is 0.443. The van der Waals surface area contributed by atoms with Gasteiger partial charge in [0.05, 0.1) is 15.2 Å². The van der Waals surface area contributed by atoms with Crippen molar-refractivity contribution < 1.29 is 0 Å². The van der Waals surface area contributed by atoms with E-state index in [1.54, 1.807) is 0 Å². The van der Waals surface area contributed by atoms with Gasteiger partial charge in [0.1, 0.15) is 0 Å². The maximum atomic E-state index is 4.79. The number of piperazine rings is 1. The second-order valence-electron chi connectivity index (χ2n) is 5.98. The summed E-state index contributed by atoms with van der Waals surface area (Å²) < 4.78 is 1.29. The first-order chi connectivity index (χ1) is 10.2. The van der Waals surface area contributed by atoms with E-state index in [-0.39, 0.29) is 0 Å². The SMILES string of the molecule is CNC(Cc1nc2ccccc2s1)C1CN(C)CCN1C. The average Bonchev–Trinajstić information content (AvgIpc) is 2.90. The number of fused-ring (bicyclic) bond motifs is 1. The molecule has 4 nitrogen and oxygen atoms in total. The Morgan fingerprint density at radius 3 is 2.90 bits per heavy atom. The van der Waals surface area contributed by atoms with E-state index in [0.717, 1.165) is 31.6 Å². The third-order valence-corrected chi connectivity index (χ3v) is 5.53. The summed E-state index contributed by atoms with van der Waals surface area (Å²) in [5, 5.41) is 4.75. The normalized spacial score (nSPS) is 22.7. The zero-order valence-corrected chi connectivity index (χ0v) is 13.9. The summed E-state index contributed by atoms with van der Waals surface area (Å²) in [6.45, 7) is 3.41. The van der Waals surface area contributed by atoms with Crippen molar-refractivity contribution in [2.24, 2.45) is 0 Å². The van der Waals surface area contributed by atoms with E-state index in [1.807, 2.05) is 11.3 Å². The highest BCUT2D eigenvalue weighted by molar-refractivity contribution is 7.18. The molecule has 0 bridgehead atoms. The van der Waals surface area contributed by atoms with E-state index in [1.165, 1.54) is 9.71 Å². The summed E-state index contributed by atoms with van der Waals surface area (Å²) in [5.41, 5.74) is 1.13. The number of nitrogens with zero attached hydrogens (tertiary/aromatic N) is 3. The summed E-state index contributed by atoms with van der Waals surface area (Å²) >= 11 is 1.82. The number of rotatable bonds is 4. The molecule has 1 fully saturated rings. The van der Waals surface area contributed by atoms with E-state index < -0.39 is 0 Å². The number of hydrogen-bond donors (Lipinski definition) is 1. The molecular formula is C16H24N4S. The quantitative estimate of drug-likeness (QED) is 0.931. The van der Waals surface area contributed by atoms with E-state index in [4.69, 9.17) is 4.98 Å². The molecule has 21 heavy (non-hydrogen) atoms. The fraction of sp³-hybridized carbons (Fsp3) is 0.562. The first-order valence-electron chi connectivity index (χ1n) is 7.58. The molecule has 1 aromatic heterocycles. The predicted molar refractivity (Wildman–Crippen MR) is 90.1 cm³/mol. The van der Waals surface area contributed by atoms with Crippen molar-refractivity contribution in [1.29, 1.82) is 0 Å². The molecule has 3 rings (SSSR count). The Kier molecular flexibility index (Phi) is 4.54. The fourth-order valence-corrected chi connectivity index (χ4v) is 4.13. The van der Waals surface area contributed by atoms with Gasteiger partial charge < -0.3 is 10.2 Å². The Hall–Kier alpha value is -1.01. The number of para-hydroxylation sites is 1. The molecule has 1 saturated heterocycles. The average molecular weight is 304 g/mol. The largest absolute Gasteiger partial charge is 0.315 e. The topological polar surface area (TPSA) is 31.4 Å². The van der Waals surface area contributed by atoms with E-state index in [2.05, 4.69) is 60.5 Å². The van der Waals surface area contributed by atoms with E-state index in [9.17, 15) is 0 Å². The molecule has 114 valence electrons. The van der Waals surface area contributed by atoms with Crippen molar-refractivity contribution in [3.63, 3.8) is 0 Å². The Balaban J connectivity index is 1.76. The Bertz CT molecular complexity index is 564. The molecule has 0 radical (unpaired) electrons. The Morgan fingerprint density at radius 2 is 2.14 bits per heavy atom. The molecule has 0 amide bonds. The molecule has 2 unspecified atom stereocenters. The zero-order valence-electron chi connectivity index (χ0n) is 13.0. The van der Waals surface area contributed by atoms with E-state index >= 15 is 0 Å². The number of aromatic nitrogens is 1. The lowest BCUT2D eigenvalue weighted by molar-refractivity contribution is 0.0897. The highest BCUT2D eigenvalue weighted by Crippen LogP contribution is 2.24. The highest BCUT2D eigenvalue weighted by atomic mass is 32.1. The molecule has 1 aliphatic heterocycles. The minimum Gasteiger partial charge on any atom is -0.315 e. The van der Waals surface area contributed by atoms with Gasteiger partial charge in [0, 0.05) is 38.1 Å². The molecule has 1 N–H and O–H groups in total. The summed E-state index contributed by atoms with van der Waals surface area (Å²) in [6, 6.07) is 9.39. The maximum absolute atomic E-state index is 4.79. The standard InChI is InChI=1S/C16H24N4S/c1-17-13(14-11-19(2)8-9-20(14)3)10-16-18-12-6-4-5-7-15(12)21-16/h4-7,13-14,17H,8-11H2,1-3H3. The van der Waals surface area contributed by atoms with Crippen LogP contribution in [0.25, 0.3) is 10.2 Å². The van der Waals surface area contributed by atoms with Crippen LogP contribution in [0.3, 0.4) is 0 Å². The van der Waals surface area contributed by atoms with Gasteiger partial charge in [-0.1, -0.05) is 12.1 Å². The third kappa shape index (κ3) is 3.26. The molecule has 2 atom stereocenters. The van der Waals surface area contributed by atoms with Crippen LogP contribution >= 0.6 is 11.3 Å². The van der Waals surface area contributed by atoms with Crippen LogP contribution in [-0.2, 0) is 6.42 Å². The van der Waals surface area contributed by atoms with Crippen LogP contribution in [-0.4, -0.2) is 67.6 Å². The van der Waals surface area contributed by atoms with Crippen molar-refractivity contribution in [1.82, 2.24) is 20.1 Å². The van der Waals surface area contributed by atoms with E-state index in [0.29, 0.717) is 12.1 Å². The fourth-order valence-electron chi connectivity index (χ4n) is 3.10. The minimum atomic E-state index is 0.443. The van der Waals surface area contributed by atoms with Gasteiger partial charge in [-0.15, -0.1) is 11.3 Å². The van der Waals surface area contributed by atoms with Crippen LogP contribution < -0.4 is 5.32 Å². The molecule has 0 aliphatic carbocycles. The number of likely N-dealkylation sites (N-methyl/N-ethyl adjacent to an activating group) is 3. The maximum Gasteiger partial charge on any atom is 0.0954 e.